The van der Waals surface area contributed by atoms with Gasteiger partial charge in [-0.2, -0.15) is 0 Å². The molecule has 9 heteroatoms. The van der Waals surface area contributed by atoms with Crippen molar-refractivity contribution < 1.29 is 14.3 Å². The smallest absolute Gasteiger partial charge is 0.305 e. The van der Waals surface area contributed by atoms with E-state index in [1.165, 1.54) is 30.6 Å². The second kappa shape index (κ2) is 9.33. The number of aromatic amines is 1. The summed E-state index contributed by atoms with van der Waals surface area (Å²) in [6.45, 7) is -0.0987. The first kappa shape index (κ1) is 23.2. The average molecular weight is 574 g/mol. The SMILES string of the molecule is COc1ccc(NC(=O)COc2ccc(Br)cc2[C@H]2c3sc(=O)[nH]c3SC3C4CCC(C4)C32)cc1. The van der Waals surface area contributed by atoms with Crippen LogP contribution in [0.15, 0.2) is 56.8 Å². The number of aromatic nitrogens is 1. The lowest BCUT2D eigenvalue weighted by Gasteiger charge is -2.40. The fourth-order valence-corrected chi connectivity index (χ4v) is 9.37. The number of carbonyl (C=O) groups is 1. The number of thiazole rings is 1. The van der Waals surface area contributed by atoms with Crippen LogP contribution in [0.3, 0.4) is 0 Å². The third kappa shape index (κ3) is 4.32. The van der Waals surface area contributed by atoms with E-state index >= 15 is 0 Å². The summed E-state index contributed by atoms with van der Waals surface area (Å²) in [5.41, 5.74) is 1.74. The van der Waals surface area contributed by atoms with E-state index in [2.05, 4.69) is 32.3 Å². The normalized spacial score (nSPS) is 26.2. The van der Waals surface area contributed by atoms with E-state index in [1.54, 1.807) is 31.4 Å². The molecular weight excluding hydrogens is 548 g/mol. The average Bonchev–Trinajstić information content (AvgIpc) is 3.56. The summed E-state index contributed by atoms with van der Waals surface area (Å²) in [5, 5.41) is 4.41. The number of ether oxygens (including phenoxy) is 2. The summed E-state index contributed by atoms with van der Waals surface area (Å²) in [5.74, 6) is 3.14. The largest absolute Gasteiger partial charge is 0.497 e. The van der Waals surface area contributed by atoms with E-state index in [-0.39, 0.29) is 23.3 Å². The zero-order chi connectivity index (χ0) is 24.1. The minimum atomic E-state index is -0.229. The highest BCUT2D eigenvalue weighted by molar-refractivity contribution is 9.10. The summed E-state index contributed by atoms with van der Waals surface area (Å²) in [6.07, 6.45) is 3.81. The number of hydrogen-bond donors (Lipinski definition) is 2. The maximum absolute atomic E-state index is 12.7. The fraction of sp³-hybridized carbons (Fsp3) is 0.385. The molecule has 2 aromatic carbocycles. The number of hydrogen-bond acceptors (Lipinski definition) is 6. The van der Waals surface area contributed by atoms with E-state index in [0.29, 0.717) is 34.4 Å². The minimum absolute atomic E-state index is 0.00356. The molecule has 1 amide bonds. The van der Waals surface area contributed by atoms with Crippen molar-refractivity contribution in [3.8, 4) is 11.5 Å². The van der Waals surface area contributed by atoms with Crippen LogP contribution < -0.4 is 19.7 Å². The maximum atomic E-state index is 12.7. The molecule has 2 fully saturated rings. The summed E-state index contributed by atoms with van der Waals surface area (Å²) in [7, 11) is 1.61. The number of halogens is 1. The zero-order valence-electron chi connectivity index (χ0n) is 19.1. The van der Waals surface area contributed by atoms with Crippen molar-refractivity contribution in [1.82, 2.24) is 4.98 Å². The molecule has 2 bridgehead atoms. The number of benzene rings is 2. The lowest BCUT2D eigenvalue weighted by Crippen LogP contribution is -2.34. The van der Waals surface area contributed by atoms with Crippen LogP contribution in [0, 0.1) is 17.8 Å². The van der Waals surface area contributed by atoms with Crippen molar-refractivity contribution in [2.24, 2.45) is 17.8 Å². The predicted molar refractivity (Wildman–Crippen MR) is 142 cm³/mol. The molecule has 1 aromatic heterocycles. The van der Waals surface area contributed by atoms with E-state index in [0.717, 1.165) is 25.7 Å². The van der Waals surface area contributed by atoms with Gasteiger partial charge in [-0.05, 0) is 79.5 Å². The molecule has 2 heterocycles. The topological polar surface area (TPSA) is 80.4 Å². The second-order valence-electron chi connectivity index (χ2n) is 9.43. The third-order valence-electron chi connectivity index (χ3n) is 7.50. The Kier molecular flexibility index (Phi) is 6.18. The number of H-pyrrole nitrogens is 1. The van der Waals surface area contributed by atoms with Gasteiger partial charge >= 0.3 is 4.87 Å². The highest BCUT2D eigenvalue weighted by atomic mass is 79.9. The minimum Gasteiger partial charge on any atom is -0.497 e. The van der Waals surface area contributed by atoms with Gasteiger partial charge in [0.1, 0.15) is 11.5 Å². The van der Waals surface area contributed by atoms with E-state index in [4.69, 9.17) is 9.47 Å². The summed E-state index contributed by atoms with van der Waals surface area (Å²) < 4.78 is 12.3. The van der Waals surface area contributed by atoms with Crippen LogP contribution >= 0.6 is 39.0 Å². The molecule has 3 aromatic rings. The van der Waals surface area contributed by atoms with Crippen LogP contribution in [0.25, 0.3) is 0 Å². The molecule has 5 atom stereocenters. The Morgan fingerprint density at radius 3 is 2.77 bits per heavy atom. The van der Waals surface area contributed by atoms with Gasteiger partial charge in [0.15, 0.2) is 6.61 Å². The number of methoxy groups -OCH3 is 1. The van der Waals surface area contributed by atoms with E-state index in [1.807, 2.05) is 23.9 Å². The van der Waals surface area contributed by atoms with Crippen molar-refractivity contribution >= 4 is 50.6 Å². The Balaban J connectivity index is 1.28. The zero-order valence-corrected chi connectivity index (χ0v) is 22.3. The van der Waals surface area contributed by atoms with Gasteiger partial charge < -0.3 is 19.8 Å². The van der Waals surface area contributed by atoms with Gasteiger partial charge in [-0.1, -0.05) is 27.3 Å². The van der Waals surface area contributed by atoms with E-state index < -0.39 is 0 Å². The number of amides is 1. The number of rotatable bonds is 6. The Bertz CT molecular complexity index is 1320. The molecule has 2 aliphatic carbocycles. The highest BCUT2D eigenvalue weighted by Gasteiger charge is 2.55. The standard InChI is InChI=1S/C26H25BrN2O4S2/c1-32-17-7-5-16(6-8-17)28-20(30)12-33-19-9-4-15(27)11-18(19)22-21-13-2-3-14(10-13)23(21)34-25-24(22)35-26(31)29-25/h4-9,11,13-14,21-23H,2-3,10,12H2,1H3,(H,28,30)(H,29,31)/t13?,14?,21?,22-,23?/m1/s1. The Morgan fingerprint density at radius 2 is 1.97 bits per heavy atom. The quantitative estimate of drug-likeness (QED) is 0.385. The summed E-state index contributed by atoms with van der Waals surface area (Å²) in [4.78, 5) is 29.2. The lowest BCUT2D eigenvalue weighted by atomic mass is 9.74. The number of nitrogens with one attached hydrogen (secondary N) is 2. The van der Waals surface area contributed by atoms with Crippen molar-refractivity contribution in [3.05, 3.63) is 67.0 Å². The summed E-state index contributed by atoms with van der Waals surface area (Å²) >= 11 is 6.83. The van der Waals surface area contributed by atoms with Crippen molar-refractivity contribution in [3.63, 3.8) is 0 Å². The van der Waals surface area contributed by atoms with Crippen molar-refractivity contribution in [1.29, 1.82) is 0 Å². The predicted octanol–water partition coefficient (Wildman–Crippen LogP) is 5.88. The first-order valence-corrected chi connectivity index (χ1v) is 14.2. The fourth-order valence-electron chi connectivity index (χ4n) is 6.11. The molecular formula is C26H25BrN2O4S2. The first-order valence-electron chi connectivity index (χ1n) is 11.8. The molecule has 0 saturated heterocycles. The van der Waals surface area contributed by atoms with Crippen LogP contribution in [0.4, 0.5) is 5.69 Å². The number of carbonyl (C=O) groups excluding carboxylic acids is 1. The highest BCUT2D eigenvalue weighted by Crippen LogP contribution is 2.64. The number of fused-ring (bicyclic) bond motifs is 6. The van der Waals surface area contributed by atoms with Crippen LogP contribution in [0.1, 0.15) is 35.6 Å². The van der Waals surface area contributed by atoms with Gasteiger partial charge in [0.05, 0.1) is 12.1 Å². The summed E-state index contributed by atoms with van der Waals surface area (Å²) in [6, 6.07) is 13.2. The third-order valence-corrected chi connectivity index (χ3v) is 10.6. The Labute approximate surface area is 219 Å². The van der Waals surface area contributed by atoms with Crippen LogP contribution in [-0.2, 0) is 4.79 Å². The molecule has 0 spiro atoms. The van der Waals surface area contributed by atoms with Gasteiger partial charge in [-0.15, -0.1) is 11.8 Å². The van der Waals surface area contributed by atoms with Crippen LogP contribution in [0.2, 0.25) is 0 Å². The van der Waals surface area contributed by atoms with Crippen LogP contribution in [0.5, 0.6) is 11.5 Å². The molecule has 35 heavy (non-hydrogen) atoms. The molecule has 2 saturated carbocycles. The maximum Gasteiger partial charge on any atom is 0.305 e. The first-order chi connectivity index (χ1) is 17.0. The van der Waals surface area contributed by atoms with Crippen molar-refractivity contribution in [2.75, 3.05) is 19.0 Å². The molecule has 4 unspecified atom stereocenters. The molecule has 182 valence electrons. The monoisotopic (exact) mass is 572 g/mol. The molecule has 3 aliphatic rings. The molecule has 1 aliphatic heterocycles. The Morgan fingerprint density at radius 1 is 1.17 bits per heavy atom. The van der Waals surface area contributed by atoms with Gasteiger partial charge in [-0.3, -0.25) is 9.59 Å². The molecule has 2 N–H and O–H groups in total. The van der Waals surface area contributed by atoms with Gasteiger partial charge in [0.25, 0.3) is 5.91 Å². The Hall–Kier alpha value is -2.23. The van der Waals surface area contributed by atoms with Crippen molar-refractivity contribution in [2.45, 2.75) is 35.5 Å². The number of thioether (sulfide) groups is 1. The van der Waals surface area contributed by atoms with Gasteiger partial charge in [-0.25, -0.2) is 0 Å². The second-order valence-corrected chi connectivity index (χ2v) is 12.5. The van der Waals surface area contributed by atoms with E-state index in [9.17, 15) is 9.59 Å². The van der Waals surface area contributed by atoms with Gasteiger partial charge in [0, 0.05) is 31.8 Å². The molecule has 6 nitrogen and oxygen atoms in total. The van der Waals surface area contributed by atoms with Gasteiger partial charge in [0.2, 0.25) is 0 Å². The molecule has 0 radical (unpaired) electrons. The number of anilines is 1. The molecule has 6 rings (SSSR count). The van der Waals surface area contributed by atoms with Crippen LogP contribution in [-0.4, -0.2) is 29.9 Å². The lowest BCUT2D eigenvalue weighted by molar-refractivity contribution is -0.118.